The third-order valence-electron chi connectivity index (χ3n) is 7.52. The summed E-state index contributed by atoms with van der Waals surface area (Å²) in [5.41, 5.74) is 3.85. The van der Waals surface area contributed by atoms with Gasteiger partial charge in [-0.15, -0.1) is 0 Å². The summed E-state index contributed by atoms with van der Waals surface area (Å²) in [6.45, 7) is 18.6. The molecule has 0 atom stereocenters. The topological polar surface area (TPSA) is 99.1 Å². The molecule has 0 aliphatic rings. The van der Waals surface area contributed by atoms with E-state index in [1.54, 1.807) is 0 Å². The quantitative estimate of drug-likeness (QED) is 0.0707. The molecule has 4 heterocycles. The first-order valence-electron chi connectivity index (χ1n) is 17.0. The van der Waals surface area contributed by atoms with Gasteiger partial charge in [0.05, 0.1) is 40.4 Å². The van der Waals surface area contributed by atoms with E-state index in [0.717, 1.165) is 46.4 Å². The van der Waals surface area contributed by atoms with Gasteiger partial charge in [-0.05, 0) is 70.4 Å². The summed E-state index contributed by atoms with van der Waals surface area (Å²) in [6.07, 6.45) is 7.84. The van der Waals surface area contributed by atoms with Crippen LogP contribution in [0, 0.1) is 45.0 Å². The van der Waals surface area contributed by atoms with Crippen LogP contribution < -0.4 is 10.4 Å². The van der Waals surface area contributed by atoms with Gasteiger partial charge in [0.15, 0.2) is 0 Å². The van der Waals surface area contributed by atoms with E-state index >= 15 is 0 Å². The zero-order chi connectivity index (χ0) is 36.0. The zero-order valence-corrected chi connectivity index (χ0v) is 35.9. The van der Waals surface area contributed by atoms with Gasteiger partial charge in [0.1, 0.15) is 0 Å². The average Bonchev–Trinajstić information content (AvgIpc) is 3.09. The van der Waals surface area contributed by atoms with Gasteiger partial charge in [-0.2, -0.15) is 0 Å². The van der Waals surface area contributed by atoms with Crippen molar-refractivity contribution in [2.24, 2.45) is 23.7 Å². The molecule has 0 saturated heterocycles. The second kappa shape index (κ2) is 24.5. The van der Waals surface area contributed by atoms with Crippen molar-refractivity contribution >= 4 is 47.5 Å². The van der Waals surface area contributed by atoms with E-state index in [0.29, 0.717) is 0 Å². The van der Waals surface area contributed by atoms with E-state index in [1.165, 1.54) is 54.1 Å². The van der Waals surface area contributed by atoms with E-state index in [1.807, 2.05) is 59.6 Å². The van der Waals surface area contributed by atoms with E-state index in [-0.39, 0.29) is 14.7 Å². The Kier molecular flexibility index (Phi) is 21.2. The van der Waals surface area contributed by atoms with Crippen molar-refractivity contribution in [1.29, 1.82) is 10.5 Å². The van der Waals surface area contributed by atoms with Gasteiger partial charge >= 0.3 is 55.5 Å². The molecule has 262 valence electrons. The molecule has 6 nitrogen and oxygen atoms in total. The Morgan fingerprint density at radius 1 is 0.531 bits per heavy atom. The number of hydrogen-bond acceptors (Lipinski definition) is 8. The summed E-state index contributed by atoms with van der Waals surface area (Å²) in [5, 5.41) is 22.6. The van der Waals surface area contributed by atoms with Crippen LogP contribution in [-0.2, 0) is 14.7 Å². The molecular weight excluding hydrogens is 762 g/mol. The molecule has 49 heavy (non-hydrogen) atoms. The van der Waals surface area contributed by atoms with E-state index in [9.17, 15) is 0 Å². The SMILES string of the molecule is CC(C)C[SiH](CC(C)C)c1ccc(-c2ccccn2)nc1.CC(C)C[SiH](CC(C)C)c1ccc(-c2ccccn2)nc1.N#C[S][Ru][S]C#N. The van der Waals surface area contributed by atoms with Crippen molar-refractivity contribution in [3.63, 3.8) is 0 Å². The molecule has 0 N–H and O–H groups in total. The van der Waals surface area contributed by atoms with Crippen LogP contribution in [0.25, 0.3) is 22.8 Å². The first-order valence-corrected chi connectivity index (χ1v) is 27.1. The first kappa shape index (κ1) is 42.5. The fraction of sp³-hybridized carbons (Fsp3) is 0.421. The molecule has 0 bridgehead atoms. The Balaban J connectivity index is 0.000000286. The molecule has 0 aliphatic heterocycles. The standard InChI is InChI=1S/2C18H26N2Si.2CHNS.Ru/c2*1-14(2)12-21(13-15(3)4)16-8-9-18(20-11-16)17-7-5-6-10-19-17;2*2-1-3;/h2*5-11,14-15,21H,12-13H2,1-4H3;2*3H;/q;;;;+2/p-2. The Morgan fingerprint density at radius 3 is 1.12 bits per heavy atom. The minimum atomic E-state index is -0.905. The number of rotatable bonds is 14. The Bertz CT molecular complexity index is 1390. The molecule has 0 saturated carbocycles. The normalized spacial score (nSPS) is 10.9. The Labute approximate surface area is 312 Å². The molecule has 0 aromatic carbocycles. The van der Waals surface area contributed by atoms with Crippen LogP contribution in [0.15, 0.2) is 85.5 Å². The predicted octanol–water partition coefficient (Wildman–Crippen LogP) is 9.11. The van der Waals surface area contributed by atoms with Gasteiger partial charge in [0, 0.05) is 24.8 Å². The monoisotopic (exact) mass is 814 g/mol. The number of thiocyanates is 2. The zero-order valence-electron chi connectivity index (χ0n) is 30.2. The molecular formula is C38H52N6RuS2Si2. The molecule has 0 aliphatic carbocycles. The second-order valence-corrected chi connectivity index (χ2v) is 25.5. The van der Waals surface area contributed by atoms with Crippen LogP contribution >= 0.6 is 19.5 Å². The van der Waals surface area contributed by atoms with Crippen LogP contribution in [0.2, 0.25) is 24.2 Å². The van der Waals surface area contributed by atoms with E-state index < -0.39 is 17.6 Å². The van der Waals surface area contributed by atoms with Gasteiger partial charge in [0.25, 0.3) is 0 Å². The molecule has 0 radical (unpaired) electrons. The van der Waals surface area contributed by atoms with Crippen molar-refractivity contribution in [1.82, 2.24) is 19.9 Å². The van der Waals surface area contributed by atoms with Crippen LogP contribution in [0.3, 0.4) is 0 Å². The van der Waals surface area contributed by atoms with Gasteiger partial charge in [-0.3, -0.25) is 19.9 Å². The maximum absolute atomic E-state index is 7.91. The molecule has 0 fully saturated rings. The molecule has 0 amide bonds. The van der Waals surface area contributed by atoms with Crippen LogP contribution in [0.4, 0.5) is 0 Å². The summed E-state index contributed by atoms with van der Waals surface area (Å²) < 4.78 is 0. The summed E-state index contributed by atoms with van der Waals surface area (Å²) in [4.78, 5) is 18.1. The molecule has 4 aromatic heterocycles. The molecule has 11 heteroatoms. The number of pyridine rings is 4. The van der Waals surface area contributed by atoms with Gasteiger partial charge in [0.2, 0.25) is 0 Å². The Hall–Kier alpha value is -2.66. The second-order valence-electron chi connectivity index (χ2n) is 13.7. The van der Waals surface area contributed by atoms with Crippen LogP contribution in [0.1, 0.15) is 55.4 Å². The average molecular weight is 814 g/mol. The van der Waals surface area contributed by atoms with E-state index in [2.05, 4.69) is 112 Å². The fourth-order valence-electron chi connectivity index (χ4n) is 5.68. The number of hydrogen-bond donors (Lipinski definition) is 0. The summed E-state index contributed by atoms with van der Waals surface area (Å²) in [7, 11) is 0.527. The number of aromatic nitrogens is 4. The Morgan fingerprint density at radius 2 is 0.878 bits per heavy atom. The van der Waals surface area contributed by atoms with Crippen LogP contribution in [-0.4, -0.2) is 37.5 Å². The summed E-state index contributed by atoms with van der Waals surface area (Å²) in [6, 6.07) is 26.2. The van der Waals surface area contributed by atoms with Crippen molar-refractivity contribution in [2.75, 3.05) is 0 Å². The molecule has 0 spiro atoms. The third-order valence-corrected chi connectivity index (χ3v) is 20.3. The van der Waals surface area contributed by atoms with E-state index in [4.69, 9.17) is 10.5 Å². The molecule has 4 rings (SSSR count). The van der Waals surface area contributed by atoms with Crippen molar-refractivity contribution < 1.29 is 14.7 Å². The van der Waals surface area contributed by atoms with Crippen LogP contribution in [0.5, 0.6) is 0 Å². The number of nitriles is 2. The first-order chi connectivity index (χ1) is 23.5. The van der Waals surface area contributed by atoms with Crippen molar-refractivity contribution in [3.8, 4) is 33.6 Å². The van der Waals surface area contributed by atoms with Gasteiger partial charge in [-0.1, -0.05) is 104 Å². The van der Waals surface area contributed by atoms with Crippen molar-refractivity contribution in [3.05, 3.63) is 85.5 Å². The molecule has 4 aromatic rings. The van der Waals surface area contributed by atoms with Crippen molar-refractivity contribution in [2.45, 2.75) is 79.6 Å². The molecule has 0 unspecified atom stereocenters. The fourth-order valence-corrected chi connectivity index (χ4v) is 15.2. The third kappa shape index (κ3) is 17.7. The maximum atomic E-state index is 7.91. The van der Waals surface area contributed by atoms with Gasteiger partial charge < -0.3 is 0 Å². The summed E-state index contributed by atoms with van der Waals surface area (Å²) >= 11 is -0.116. The number of nitrogens with zero attached hydrogens (tertiary/aromatic N) is 6. The predicted molar refractivity (Wildman–Crippen MR) is 213 cm³/mol. The summed E-state index contributed by atoms with van der Waals surface area (Å²) in [5.74, 6) is 3.10. The van der Waals surface area contributed by atoms with Gasteiger partial charge in [-0.25, -0.2) is 0 Å². The minimum absolute atomic E-state index is 0.116.